The highest BCUT2D eigenvalue weighted by Crippen LogP contribution is 2.20. The molecule has 0 radical (unpaired) electrons. The topological polar surface area (TPSA) is 84.5 Å². The summed E-state index contributed by atoms with van der Waals surface area (Å²) in [6.45, 7) is 3.65. The van der Waals surface area contributed by atoms with Gasteiger partial charge in [0.25, 0.3) is 5.91 Å². The van der Waals surface area contributed by atoms with Crippen molar-refractivity contribution in [3.8, 4) is 5.75 Å². The molecule has 2 aromatic rings. The zero-order valence-corrected chi connectivity index (χ0v) is 14.7. The molecule has 0 saturated carbocycles. The van der Waals surface area contributed by atoms with E-state index < -0.39 is 17.5 Å². The number of esters is 1. The summed E-state index contributed by atoms with van der Waals surface area (Å²) in [5.74, 6) is -0.265. The van der Waals surface area contributed by atoms with E-state index in [1.54, 1.807) is 31.2 Å². The van der Waals surface area contributed by atoms with Crippen LogP contribution in [0.5, 0.6) is 5.75 Å². The molecule has 1 aliphatic heterocycles. The van der Waals surface area contributed by atoms with E-state index in [9.17, 15) is 14.4 Å². The molecular weight excluding hydrogens is 332 g/mol. The second kappa shape index (κ2) is 7.00. The van der Waals surface area contributed by atoms with Gasteiger partial charge in [0, 0.05) is 0 Å². The van der Waals surface area contributed by atoms with Gasteiger partial charge < -0.3 is 10.1 Å². The molecule has 0 aromatic heterocycles. The minimum absolute atomic E-state index is 0.314. The molecule has 3 amide bonds. The zero-order chi connectivity index (χ0) is 18.7. The number of amides is 3. The van der Waals surface area contributed by atoms with Crippen molar-refractivity contribution < 1.29 is 19.1 Å². The molecule has 6 nitrogen and oxygen atoms in total. The minimum Gasteiger partial charge on any atom is -0.423 e. The van der Waals surface area contributed by atoms with Crippen molar-refractivity contribution in [2.75, 3.05) is 0 Å². The van der Waals surface area contributed by atoms with Gasteiger partial charge in [0.05, 0.1) is 5.56 Å². The number of carbonyl (C=O) groups is 3. The number of rotatable bonds is 5. The maximum Gasteiger partial charge on any atom is 0.343 e. The maximum absolute atomic E-state index is 12.1. The van der Waals surface area contributed by atoms with Gasteiger partial charge >= 0.3 is 12.0 Å². The minimum atomic E-state index is -0.895. The Morgan fingerprint density at radius 1 is 1.04 bits per heavy atom. The lowest BCUT2D eigenvalue weighted by Gasteiger charge is -2.20. The normalized spacial score (nSPS) is 19.0. The molecule has 1 fully saturated rings. The van der Waals surface area contributed by atoms with Crippen LogP contribution in [0, 0.1) is 6.92 Å². The summed E-state index contributed by atoms with van der Waals surface area (Å²) in [4.78, 5) is 35.2. The van der Waals surface area contributed by atoms with Crippen LogP contribution in [0.15, 0.2) is 48.5 Å². The Kier molecular flexibility index (Phi) is 4.75. The lowest BCUT2D eigenvalue weighted by molar-refractivity contribution is -0.123. The van der Waals surface area contributed by atoms with Crippen LogP contribution < -0.4 is 15.4 Å². The Morgan fingerprint density at radius 2 is 1.69 bits per heavy atom. The number of aryl methyl sites for hydroxylation is 2. The second-order valence-electron chi connectivity index (χ2n) is 6.64. The molecule has 0 unspecified atom stereocenters. The number of hydrogen-bond donors (Lipinski definition) is 2. The fourth-order valence-corrected chi connectivity index (χ4v) is 2.73. The van der Waals surface area contributed by atoms with Crippen LogP contribution in [0.3, 0.4) is 0 Å². The predicted molar refractivity (Wildman–Crippen MR) is 96.0 cm³/mol. The summed E-state index contributed by atoms with van der Waals surface area (Å²) in [7, 11) is 0. The third kappa shape index (κ3) is 3.91. The molecule has 1 atom stereocenters. The third-order valence-electron chi connectivity index (χ3n) is 4.45. The van der Waals surface area contributed by atoms with Gasteiger partial charge in [-0.3, -0.25) is 10.1 Å². The van der Waals surface area contributed by atoms with E-state index in [0.29, 0.717) is 24.2 Å². The van der Waals surface area contributed by atoms with E-state index in [1.807, 2.05) is 31.2 Å². The number of urea groups is 1. The van der Waals surface area contributed by atoms with Crippen LogP contribution in [-0.4, -0.2) is 23.4 Å². The average Bonchev–Trinajstić information content (AvgIpc) is 2.87. The lowest BCUT2D eigenvalue weighted by Crippen LogP contribution is -2.43. The molecule has 2 aromatic carbocycles. The number of hydrogen-bond acceptors (Lipinski definition) is 4. The van der Waals surface area contributed by atoms with Crippen LogP contribution in [0.2, 0.25) is 0 Å². The van der Waals surface area contributed by atoms with E-state index in [0.717, 1.165) is 11.1 Å². The summed E-state index contributed by atoms with van der Waals surface area (Å²) in [6.07, 6.45) is 1.09. The Balaban J connectivity index is 1.58. The Hall–Kier alpha value is -3.15. The van der Waals surface area contributed by atoms with Crippen LogP contribution in [0.4, 0.5) is 4.79 Å². The van der Waals surface area contributed by atoms with E-state index in [2.05, 4.69) is 10.6 Å². The smallest absolute Gasteiger partial charge is 0.343 e. The van der Waals surface area contributed by atoms with Crippen molar-refractivity contribution in [1.29, 1.82) is 0 Å². The Morgan fingerprint density at radius 3 is 2.27 bits per heavy atom. The molecule has 1 saturated heterocycles. The highest BCUT2D eigenvalue weighted by Gasteiger charge is 2.41. The van der Waals surface area contributed by atoms with Crippen LogP contribution >= 0.6 is 0 Å². The number of nitrogens with one attached hydrogen (secondary N) is 2. The second-order valence-corrected chi connectivity index (χ2v) is 6.64. The molecule has 2 N–H and O–H groups in total. The predicted octanol–water partition coefficient (Wildman–Crippen LogP) is 2.74. The summed E-state index contributed by atoms with van der Waals surface area (Å²) in [5, 5.41) is 4.89. The molecule has 26 heavy (non-hydrogen) atoms. The number of ether oxygens (including phenoxy) is 1. The standard InChI is InChI=1S/C20H20N2O4/c1-13-3-7-15(8-4-13)17(23)26-16-9-5-14(6-10-16)11-12-20(2)18(24)21-19(25)22-20/h3-10H,11-12H2,1-2H3,(H2,21,22,24,25)/t20-/m1/s1. The SMILES string of the molecule is Cc1ccc(C(=O)Oc2ccc(CC[C@@]3(C)NC(=O)NC3=O)cc2)cc1. The Labute approximate surface area is 151 Å². The first-order valence-electron chi connectivity index (χ1n) is 8.37. The van der Waals surface area contributed by atoms with Crippen molar-refractivity contribution in [2.45, 2.75) is 32.2 Å². The highest BCUT2D eigenvalue weighted by molar-refractivity contribution is 6.06. The molecule has 0 bridgehead atoms. The number of imide groups is 1. The molecule has 0 spiro atoms. The van der Waals surface area contributed by atoms with E-state index in [1.165, 1.54) is 0 Å². The van der Waals surface area contributed by atoms with Crippen LogP contribution in [0.1, 0.15) is 34.8 Å². The van der Waals surface area contributed by atoms with Gasteiger partial charge in [0.15, 0.2) is 0 Å². The molecule has 0 aliphatic carbocycles. The quantitative estimate of drug-likeness (QED) is 0.492. The average molecular weight is 352 g/mol. The largest absolute Gasteiger partial charge is 0.423 e. The van der Waals surface area contributed by atoms with Gasteiger partial charge in [0.2, 0.25) is 0 Å². The molecule has 3 rings (SSSR count). The van der Waals surface area contributed by atoms with E-state index in [-0.39, 0.29) is 5.91 Å². The van der Waals surface area contributed by atoms with E-state index >= 15 is 0 Å². The first-order chi connectivity index (χ1) is 12.4. The van der Waals surface area contributed by atoms with Crippen molar-refractivity contribution in [2.24, 2.45) is 0 Å². The number of carbonyl (C=O) groups excluding carboxylic acids is 3. The maximum atomic E-state index is 12.1. The molecule has 1 aliphatic rings. The van der Waals surface area contributed by atoms with Crippen molar-refractivity contribution in [1.82, 2.24) is 10.6 Å². The molecule has 134 valence electrons. The van der Waals surface area contributed by atoms with Crippen LogP contribution in [0.25, 0.3) is 0 Å². The van der Waals surface area contributed by atoms with Gasteiger partial charge in [-0.05, 0) is 56.5 Å². The first-order valence-corrected chi connectivity index (χ1v) is 8.37. The summed E-state index contributed by atoms with van der Waals surface area (Å²) in [6, 6.07) is 13.8. The lowest BCUT2D eigenvalue weighted by atomic mass is 9.93. The molecular formula is C20H20N2O4. The molecule has 1 heterocycles. The fourth-order valence-electron chi connectivity index (χ4n) is 2.73. The fraction of sp³-hybridized carbons (Fsp3) is 0.250. The summed E-state index contributed by atoms with van der Waals surface area (Å²) < 4.78 is 5.36. The number of benzene rings is 2. The first kappa shape index (κ1) is 17.7. The van der Waals surface area contributed by atoms with Gasteiger partial charge in [-0.15, -0.1) is 0 Å². The van der Waals surface area contributed by atoms with Gasteiger partial charge in [0.1, 0.15) is 11.3 Å². The molecule has 6 heteroatoms. The van der Waals surface area contributed by atoms with Crippen LogP contribution in [-0.2, 0) is 11.2 Å². The van der Waals surface area contributed by atoms with Crippen molar-refractivity contribution in [3.63, 3.8) is 0 Å². The van der Waals surface area contributed by atoms with Gasteiger partial charge in [-0.25, -0.2) is 9.59 Å². The zero-order valence-electron chi connectivity index (χ0n) is 14.7. The summed E-state index contributed by atoms with van der Waals surface area (Å²) >= 11 is 0. The third-order valence-corrected chi connectivity index (χ3v) is 4.45. The van der Waals surface area contributed by atoms with E-state index in [4.69, 9.17) is 4.74 Å². The van der Waals surface area contributed by atoms with Gasteiger partial charge in [-0.2, -0.15) is 0 Å². The van der Waals surface area contributed by atoms with Crippen molar-refractivity contribution in [3.05, 3.63) is 65.2 Å². The monoisotopic (exact) mass is 352 g/mol. The summed E-state index contributed by atoms with van der Waals surface area (Å²) in [5.41, 5.74) is 1.66. The van der Waals surface area contributed by atoms with Crippen molar-refractivity contribution >= 4 is 17.9 Å². The van der Waals surface area contributed by atoms with Gasteiger partial charge in [-0.1, -0.05) is 29.8 Å². The highest BCUT2D eigenvalue weighted by atomic mass is 16.5. The Bertz CT molecular complexity index is 843.